The fourth-order valence-electron chi connectivity index (χ4n) is 1.45. The Hall–Kier alpha value is -0.500. The van der Waals surface area contributed by atoms with Gasteiger partial charge in [0.15, 0.2) is 12.4 Å². The van der Waals surface area contributed by atoms with Crippen LogP contribution < -0.4 is 10.1 Å². The molecule has 5 nitrogen and oxygen atoms in total. The van der Waals surface area contributed by atoms with Crippen molar-refractivity contribution in [1.82, 2.24) is 5.32 Å². The van der Waals surface area contributed by atoms with Gasteiger partial charge in [0, 0.05) is 20.7 Å². The van der Waals surface area contributed by atoms with Gasteiger partial charge >= 0.3 is 0 Å². The molecular weight excluding hydrogens is 405 g/mol. The Morgan fingerprint density at radius 1 is 1.38 bits per heavy atom. The molecule has 9 heteroatoms. The molecule has 118 valence electrons. The van der Waals surface area contributed by atoms with Crippen molar-refractivity contribution in [2.24, 2.45) is 0 Å². The molecule has 0 saturated carbocycles. The first-order chi connectivity index (χ1) is 9.40. The van der Waals surface area contributed by atoms with Crippen molar-refractivity contribution < 1.29 is 17.9 Å². The van der Waals surface area contributed by atoms with Gasteiger partial charge in [0.1, 0.15) is 4.90 Å². The summed E-state index contributed by atoms with van der Waals surface area (Å²) < 4.78 is 28.7. The number of rotatable bonds is 4. The predicted molar refractivity (Wildman–Crippen MR) is 85.6 cm³/mol. The number of hydrogen-bond donors (Lipinski definition) is 1. The Labute approximate surface area is 141 Å². The van der Waals surface area contributed by atoms with Crippen molar-refractivity contribution in [2.45, 2.75) is 31.2 Å². The number of carbonyl (C=O) groups is 1. The Morgan fingerprint density at radius 3 is 2.43 bits per heavy atom. The van der Waals surface area contributed by atoms with Gasteiger partial charge in [-0.05, 0) is 32.9 Å². The molecule has 0 aliphatic carbocycles. The number of benzene rings is 1. The molecule has 0 saturated heterocycles. The third-order valence-electron chi connectivity index (χ3n) is 2.10. The summed E-state index contributed by atoms with van der Waals surface area (Å²) in [5, 5.41) is 2.71. The van der Waals surface area contributed by atoms with Crippen LogP contribution in [0.2, 0.25) is 5.02 Å². The van der Waals surface area contributed by atoms with Crippen LogP contribution in [0.15, 0.2) is 21.5 Å². The van der Waals surface area contributed by atoms with E-state index in [0.717, 1.165) is 0 Å². The van der Waals surface area contributed by atoms with E-state index in [0.29, 0.717) is 4.47 Å². The van der Waals surface area contributed by atoms with Crippen LogP contribution in [0.3, 0.4) is 0 Å². The minimum Gasteiger partial charge on any atom is -0.481 e. The third kappa shape index (κ3) is 6.02. The summed E-state index contributed by atoms with van der Waals surface area (Å²) in [6, 6.07) is 2.70. The average molecular weight is 419 g/mol. The molecule has 0 fully saturated rings. The fraction of sp³-hybridized carbons (Fsp3) is 0.417. The van der Waals surface area contributed by atoms with E-state index < -0.39 is 20.5 Å². The van der Waals surface area contributed by atoms with Crippen LogP contribution in [-0.4, -0.2) is 26.5 Å². The highest BCUT2D eigenvalue weighted by atomic mass is 79.9. The van der Waals surface area contributed by atoms with Crippen LogP contribution in [0.1, 0.15) is 20.8 Å². The Kier molecular flexibility index (Phi) is 5.94. The standard InChI is InChI=1S/C12H14BrCl2NO4S/c1-12(2,3)16-10(17)6-20-11-8(14)4-7(13)5-9(11)21(15,18)19/h4-5H,6H2,1-3H3,(H,16,17). The van der Waals surface area contributed by atoms with Gasteiger partial charge in [0.05, 0.1) is 5.02 Å². The van der Waals surface area contributed by atoms with Crippen molar-refractivity contribution >= 4 is 53.2 Å². The summed E-state index contributed by atoms with van der Waals surface area (Å²) in [5.74, 6) is -0.557. The summed E-state index contributed by atoms with van der Waals surface area (Å²) in [6.07, 6.45) is 0. The molecule has 0 heterocycles. The van der Waals surface area contributed by atoms with Crippen LogP contribution in [0.5, 0.6) is 5.75 Å². The van der Waals surface area contributed by atoms with E-state index in [1.54, 1.807) is 0 Å². The molecule has 0 bridgehead atoms. The lowest BCUT2D eigenvalue weighted by atomic mass is 10.1. The number of amides is 1. The molecule has 0 atom stereocenters. The van der Waals surface area contributed by atoms with Gasteiger partial charge in [0.2, 0.25) is 0 Å². The molecular formula is C12H14BrCl2NO4S. The first-order valence-corrected chi connectivity index (χ1v) is 9.26. The second-order valence-corrected chi connectivity index (χ2v) is 9.10. The lowest BCUT2D eigenvalue weighted by Gasteiger charge is -2.21. The Morgan fingerprint density at radius 2 is 1.95 bits per heavy atom. The maximum absolute atomic E-state index is 11.7. The summed E-state index contributed by atoms with van der Waals surface area (Å²) in [6.45, 7) is 5.06. The van der Waals surface area contributed by atoms with Gasteiger partial charge < -0.3 is 10.1 Å². The van der Waals surface area contributed by atoms with E-state index in [-0.39, 0.29) is 22.3 Å². The molecule has 0 aromatic heterocycles. The largest absolute Gasteiger partial charge is 0.481 e. The van der Waals surface area contributed by atoms with Crippen LogP contribution >= 0.6 is 38.2 Å². The summed E-state index contributed by atoms with van der Waals surface area (Å²) in [4.78, 5) is 11.4. The highest BCUT2D eigenvalue weighted by Gasteiger charge is 2.22. The molecule has 0 radical (unpaired) electrons. The maximum Gasteiger partial charge on any atom is 0.265 e. The average Bonchev–Trinajstić information content (AvgIpc) is 2.23. The zero-order valence-electron chi connectivity index (χ0n) is 11.5. The van der Waals surface area contributed by atoms with Gasteiger partial charge in [-0.25, -0.2) is 8.42 Å². The Balaban J connectivity index is 3.02. The molecule has 1 aromatic rings. The van der Waals surface area contributed by atoms with E-state index in [2.05, 4.69) is 21.2 Å². The summed E-state index contributed by atoms with van der Waals surface area (Å²) >= 11 is 9.06. The number of hydrogen-bond acceptors (Lipinski definition) is 4. The SMILES string of the molecule is CC(C)(C)NC(=O)COc1c(Cl)cc(Br)cc1S(=O)(=O)Cl. The van der Waals surface area contributed by atoms with E-state index in [1.807, 2.05) is 20.8 Å². The number of carbonyl (C=O) groups excluding carboxylic acids is 1. The molecule has 0 aliphatic heterocycles. The second kappa shape index (κ2) is 6.73. The first kappa shape index (κ1) is 18.5. The predicted octanol–water partition coefficient (Wildman–Crippen LogP) is 3.32. The maximum atomic E-state index is 11.7. The molecule has 1 N–H and O–H groups in total. The lowest BCUT2D eigenvalue weighted by molar-refractivity contribution is -0.124. The fourth-order valence-corrected chi connectivity index (χ4v) is 3.52. The minimum absolute atomic E-state index is 0.0344. The van der Waals surface area contributed by atoms with E-state index in [1.165, 1.54) is 12.1 Å². The molecule has 0 aliphatic rings. The van der Waals surface area contributed by atoms with Gasteiger partial charge in [0.25, 0.3) is 15.0 Å². The van der Waals surface area contributed by atoms with Crippen molar-refractivity contribution in [3.63, 3.8) is 0 Å². The zero-order valence-corrected chi connectivity index (χ0v) is 15.5. The van der Waals surface area contributed by atoms with Gasteiger partial charge in [-0.3, -0.25) is 4.79 Å². The number of nitrogens with one attached hydrogen (secondary N) is 1. The highest BCUT2D eigenvalue weighted by Crippen LogP contribution is 2.37. The normalized spacial score (nSPS) is 12.1. The molecule has 0 spiro atoms. The number of halogens is 3. The van der Waals surface area contributed by atoms with Crippen LogP contribution in [0, 0.1) is 0 Å². The lowest BCUT2D eigenvalue weighted by Crippen LogP contribution is -2.43. The minimum atomic E-state index is -4.06. The highest BCUT2D eigenvalue weighted by molar-refractivity contribution is 9.10. The van der Waals surface area contributed by atoms with Crippen LogP contribution in [-0.2, 0) is 13.8 Å². The van der Waals surface area contributed by atoms with Crippen molar-refractivity contribution in [2.75, 3.05) is 6.61 Å². The van der Waals surface area contributed by atoms with E-state index >= 15 is 0 Å². The molecule has 1 rings (SSSR count). The van der Waals surface area contributed by atoms with Gasteiger partial charge in [-0.1, -0.05) is 27.5 Å². The molecule has 0 unspecified atom stereocenters. The monoisotopic (exact) mass is 417 g/mol. The molecule has 1 amide bonds. The van der Waals surface area contributed by atoms with Crippen molar-refractivity contribution in [3.8, 4) is 5.75 Å². The molecule has 1 aromatic carbocycles. The topological polar surface area (TPSA) is 72.5 Å². The first-order valence-electron chi connectivity index (χ1n) is 5.77. The van der Waals surface area contributed by atoms with E-state index in [9.17, 15) is 13.2 Å². The van der Waals surface area contributed by atoms with Crippen molar-refractivity contribution in [3.05, 3.63) is 21.6 Å². The van der Waals surface area contributed by atoms with E-state index in [4.69, 9.17) is 27.0 Å². The van der Waals surface area contributed by atoms with Gasteiger partial charge in [-0.2, -0.15) is 0 Å². The number of ether oxygens (including phenoxy) is 1. The van der Waals surface area contributed by atoms with Crippen molar-refractivity contribution in [1.29, 1.82) is 0 Å². The smallest absolute Gasteiger partial charge is 0.265 e. The summed E-state index contributed by atoms with van der Waals surface area (Å²) in [7, 11) is 1.28. The summed E-state index contributed by atoms with van der Waals surface area (Å²) in [5.41, 5.74) is -0.425. The van der Waals surface area contributed by atoms with Gasteiger partial charge in [-0.15, -0.1) is 0 Å². The zero-order chi connectivity index (χ0) is 16.4. The second-order valence-electron chi connectivity index (χ2n) is 5.24. The third-order valence-corrected chi connectivity index (χ3v) is 4.16. The molecule has 21 heavy (non-hydrogen) atoms. The Bertz CT molecular complexity index is 656. The van der Waals surface area contributed by atoms with Crippen LogP contribution in [0.25, 0.3) is 0 Å². The quantitative estimate of drug-likeness (QED) is 0.761. The van der Waals surface area contributed by atoms with Crippen LogP contribution in [0.4, 0.5) is 0 Å².